The average molecular weight is 446 g/mol. The van der Waals surface area contributed by atoms with E-state index in [2.05, 4.69) is 0 Å². The zero-order chi connectivity index (χ0) is 22.4. The third-order valence-corrected chi connectivity index (χ3v) is 7.19. The molecule has 32 heavy (non-hydrogen) atoms. The molecule has 1 fully saturated rings. The van der Waals surface area contributed by atoms with E-state index in [0.29, 0.717) is 5.56 Å². The SMILES string of the molecule is Cc1ccc(O)c(N2C(=O)C(=O)/C(=C(\O)c3ccc4c(c3)CCCC4)C2c2cccs2)c1. The number of rotatable bonds is 3. The third kappa shape index (κ3) is 3.31. The fraction of sp³-hybridized carbons (Fsp3) is 0.231. The highest BCUT2D eigenvalue weighted by Crippen LogP contribution is 2.46. The number of Topliss-reactive ketones (excluding diaryl/α,β-unsaturated/α-hetero) is 1. The molecular weight excluding hydrogens is 422 g/mol. The maximum Gasteiger partial charge on any atom is 0.300 e. The Bertz CT molecular complexity index is 1260. The van der Waals surface area contributed by atoms with Crippen LogP contribution in [-0.2, 0) is 22.4 Å². The summed E-state index contributed by atoms with van der Waals surface area (Å²) < 4.78 is 0. The number of carbonyl (C=O) groups is 2. The molecule has 1 aliphatic carbocycles. The van der Waals surface area contributed by atoms with Gasteiger partial charge in [0.1, 0.15) is 17.6 Å². The van der Waals surface area contributed by atoms with Crippen LogP contribution in [0, 0.1) is 6.92 Å². The lowest BCUT2D eigenvalue weighted by atomic mass is 9.89. The molecule has 1 saturated heterocycles. The monoisotopic (exact) mass is 445 g/mol. The van der Waals surface area contributed by atoms with Crippen LogP contribution >= 0.6 is 11.3 Å². The molecule has 2 heterocycles. The number of carbonyl (C=O) groups excluding carboxylic acids is 2. The fourth-order valence-corrected chi connectivity index (χ4v) is 5.48. The molecule has 0 spiro atoms. The largest absolute Gasteiger partial charge is 0.507 e. The lowest BCUT2D eigenvalue weighted by molar-refractivity contribution is -0.132. The summed E-state index contributed by atoms with van der Waals surface area (Å²) in [5.41, 5.74) is 4.15. The smallest absolute Gasteiger partial charge is 0.300 e. The second-order valence-electron chi connectivity index (χ2n) is 8.37. The minimum absolute atomic E-state index is 0.0501. The summed E-state index contributed by atoms with van der Waals surface area (Å²) in [7, 11) is 0. The van der Waals surface area contributed by atoms with Crippen molar-refractivity contribution in [3.8, 4) is 5.75 Å². The van der Waals surface area contributed by atoms with Crippen molar-refractivity contribution in [2.75, 3.05) is 4.90 Å². The van der Waals surface area contributed by atoms with Crippen molar-refractivity contribution < 1.29 is 19.8 Å². The van der Waals surface area contributed by atoms with E-state index in [1.807, 2.05) is 42.6 Å². The van der Waals surface area contributed by atoms with Crippen molar-refractivity contribution in [1.29, 1.82) is 0 Å². The van der Waals surface area contributed by atoms with Crippen LogP contribution in [0.15, 0.2) is 59.5 Å². The Hall–Kier alpha value is -3.38. The van der Waals surface area contributed by atoms with Crippen LogP contribution in [0.4, 0.5) is 5.69 Å². The van der Waals surface area contributed by atoms with Crippen LogP contribution in [0.3, 0.4) is 0 Å². The van der Waals surface area contributed by atoms with Crippen molar-refractivity contribution in [2.24, 2.45) is 0 Å². The van der Waals surface area contributed by atoms with Gasteiger partial charge in [-0.2, -0.15) is 0 Å². The van der Waals surface area contributed by atoms with E-state index >= 15 is 0 Å². The van der Waals surface area contributed by atoms with E-state index in [0.717, 1.165) is 36.1 Å². The summed E-state index contributed by atoms with van der Waals surface area (Å²) in [4.78, 5) is 28.4. The number of nitrogens with zero attached hydrogens (tertiary/aromatic N) is 1. The first-order valence-electron chi connectivity index (χ1n) is 10.7. The molecule has 162 valence electrons. The van der Waals surface area contributed by atoms with Crippen LogP contribution in [0.25, 0.3) is 5.76 Å². The van der Waals surface area contributed by atoms with Gasteiger partial charge < -0.3 is 10.2 Å². The summed E-state index contributed by atoms with van der Waals surface area (Å²) in [6.07, 6.45) is 4.21. The van der Waals surface area contributed by atoms with Crippen molar-refractivity contribution in [3.05, 3.63) is 86.6 Å². The topological polar surface area (TPSA) is 77.8 Å². The predicted molar refractivity (Wildman–Crippen MR) is 125 cm³/mol. The lowest BCUT2D eigenvalue weighted by Crippen LogP contribution is -2.29. The number of aryl methyl sites for hydroxylation is 3. The number of ketones is 1. The van der Waals surface area contributed by atoms with E-state index in [9.17, 15) is 19.8 Å². The van der Waals surface area contributed by atoms with Crippen LogP contribution in [0.1, 0.15) is 46.0 Å². The second-order valence-corrected chi connectivity index (χ2v) is 9.35. The molecule has 0 saturated carbocycles. The van der Waals surface area contributed by atoms with Gasteiger partial charge in [-0.3, -0.25) is 14.5 Å². The van der Waals surface area contributed by atoms with E-state index in [4.69, 9.17) is 0 Å². The zero-order valence-electron chi connectivity index (χ0n) is 17.7. The first-order chi connectivity index (χ1) is 15.5. The standard InChI is InChI=1S/C26H23NO4S/c1-15-8-11-20(28)19(13-15)27-23(21-7-4-12-32-21)22(25(30)26(27)31)24(29)18-10-9-16-5-2-3-6-17(16)14-18/h4,7-14,23,28-29H,2-3,5-6H2,1H3/b24-22-. The van der Waals surface area contributed by atoms with E-state index in [1.54, 1.807) is 12.1 Å². The van der Waals surface area contributed by atoms with Gasteiger partial charge in [0.05, 0.1) is 11.3 Å². The van der Waals surface area contributed by atoms with Crippen LogP contribution in [0.5, 0.6) is 5.75 Å². The molecule has 1 atom stereocenters. The van der Waals surface area contributed by atoms with Gasteiger partial charge in [-0.05, 0) is 78.9 Å². The molecule has 0 bridgehead atoms. The van der Waals surface area contributed by atoms with Crippen molar-refractivity contribution in [2.45, 2.75) is 38.6 Å². The third-order valence-electron chi connectivity index (χ3n) is 6.27. The van der Waals surface area contributed by atoms with Gasteiger partial charge in [0.25, 0.3) is 11.7 Å². The molecule has 2 N–H and O–H groups in total. The number of hydrogen-bond acceptors (Lipinski definition) is 5. The van der Waals surface area contributed by atoms with Crippen molar-refractivity contribution in [3.63, 3.8) is 0 Å². The summed E-state index contributed by atoms with van der Waals surface area (Å²) in [6, 6.07) is 13.6. The maximum absolute atomic E-state index is 13.2. The van der Waals surface area contributed by atoms with Crippen molar-refractivity contribution in [1.82, 2.24) is 0 Å². The molecular formula is C26H23NO4S. The molecule has 6 heteroatoms. The summed E-state index contributed by atoms with van der Waals surface area (Å²) in [5.74, 6) is -1.78. The number of hydrogen-bond donors (Lipinski definition) is 2. The Kier molecular flexibility index (Phi) is 5.10. The summed E-state index contributed by atoms with van der Waals surface area (Å²) in [5, 5.41) is 23.7. The number of aromatic hydroxyl groups is 1. The summed E-state index contributed by atoms with van der Waals surface area (Å²) in [6.45, 7) is 1.85. The van der Waals surface area contributed by atoms with Crippen LogP contribution < -0.4 is 4.90 Å². The number of benzene rings is 2. The molecule has 1 aromatic heterocycles. The number of anilines is 1. The van der Waals surface area contributed by atoms with Gasteiger partial charge in [0.15, 0.2) is 0 Å². The molecule has 5 nitrogen and oxygen atoms in total. The Balaban J connectivity index is 1.70. The van der Waals surface area contributed by atoms with Gasteiger partial charge in [-0.25, -0.2) is 0 Å². The van der Waals surface area contributed by atoms with Gasteiger partial charge in [-0.1, -0.05) is 24.3 Å². The number of thiophene rings is 1. The minimum Gasteiger partial charge on any atom is -0.507 e. The first kappa shape index (κ1) is 20.5. The number of phenolic OH excluding ortho intramolecular Hbond substituents is 1. The Labute approximate surface area is 190 Å². The minimum atomic E-state index is -0.807. The van der Waals surface area contributed by atoms with Crippen LogP contribution in [0.2, 0.25) is 0 Å². The Morgan fingerprint density at radius 1 is 1.03 bits per heavy atom. The first-order valence-corrected chi connectivity index (χ1v) is 11.6. The zero-order valence-corrected chi connectivity index (χ0v) is 18.5. The van der Waals surface area contributed by atoms with E-state index < -0.39 is 17.7 Å². The molecule has 1 aliphatic heterocycles. The predicted octanol–water partition coefficient (Wildman–Crippen LogP) is 5.27. The molecule has 3 aromatic rings. The second kappa shape index (κ2) is 7.95. The van der Waals surface area contributed by atoms with Crippen molar-refractivity contribution >= 4 is 34.5 Å². The molecule has 0 radical (unpaired) electrons. The van der Waals surface area contributed by atoms with Crippen LogP contribution in [-0.4, -0.2) is 21.9 Å². The van der Waals surface area contributed by atoms with Gasteiger partial charge in [0.2, 0.25) is 0 Å². The normalized spacial score (nSPS) is 19.9. The Morgan fingerprint density at radius 2 is 1.81 bits per heavy atom. The number of aliphatic hydroxyl groups excluding tert-OH is 1. The maximum atomic E-state index is 13.2. The average Bonchev–Trinajstić information content (AvgIpc) is 3.42. The van der Waals surface area contributed by atoms with Gasteiger partial charge in [-0.15, -0.1) is 11.3 Å². The Morgan fingerprint density at radius 3 is 2.56 bits per heavy atom. The van der Waals surface area contributed by atoms with E-state index in [1.165, 1.54) is 33.4 Å². The number of fused-ring (bicyclic) bond motifs is 1. The van der Waals surface area contributed by atoms with E-state index in [-0.39, 0.29) is 22.8 Å². The quantitative estimate of drug-likeness (QED) is 0.327. The highest BCUT2D eigenvalue weighted by atomic mass is 32.1. The number of phenols is 1. The number of aliphatic hydroxyl groups is 1. The molecule has 1 unspecified atom stereocenters. The molecule has 5 rings (SSSR count). The number of amides is 1. The fourth-order valence-electron chi connectivity index (χ4n) is 4.66. The molecule has 1 amide bonds. The highest BCUT2D eigenvalue weighted by Gasteiger charge is 2.48. The van der Waals surface area contributed by atoms with Gasteiger partial charge in [0, 0.05) is 10.4 Å². The summed E-state index contributed by atoms with van der Waals surface area (Å²) >= 11 is 1.40. The molecule has 2 aliphatic rings. The van der Waals surface area contributed by atoms with Gasteiger partial charge >= 0.3 is 0 Å². The molecule has 2 aromatic carbocycles. The lowest BCUT2D eigenvalue weighted by Gasteiger charge is -2.25. The highest BCUT2D eigenvalue weighted by molar-refractivity contribution is 7.10.